The molecule has 1 aliphatic rings. The van der Waals surface area contributed by atoms with Gasteiger partial charge in [-0.1, -0.05) is 36.7 Å². The third kappa shape index (κ3) is 3.48. The first-order valence-electron chi connectivity index (χ1n) is 8.96. The molecule has 0 saturated carbocycles. The standard InChI is InChI=1S/C20H18ClN5O2/c1-2-12-5-3-4-6-15(12)22-17(27)11-16-19(28)24-20-23-18(25-26(16)20)13-7-9-14(21)10-8-13/h3-10,16H,2,11H2,1H3,(H,22,27)(H,23,24,25,28)/t16-/m0/s1. The second kappa shape index (κ2) is 7.44. The molecule has 0 fully saturated rings. The summed E-state index contributed by atoms with van der Waals surface area (Å²) in [5, 5.41) is 10.6. The Morgan fingerprint density at radius 1 is 1.21 bits per heavy atom. The van der Waals surface area contributed by atoms with Crippen molar-refractivity contribution in [1.29, 1.82) is 0 Å². The maximum absolute atomic E-state index is 12.5. The van der Waals surface area contributed by atoms with Crippen LogP contribution in [0.2, 0.25) is 5.02 Å². The minimum atomic E-state index is -0.739. The van der Waals surface area contributed by atoms with Gasteiger partial charge in [-0.2, -0.15) is 4.98 Å². The van der Waals surface area contributed by atoms with Gasteiger partial charge in [0.05, 0.1) is 6.42 Å². The zero-order valence-electron chi connectivity index (χ0n) is 15.1. The number of anilines is 2. The van der Waals surface area contributed by atoms with Crippen molar-refractivity contribution >= 4 is 35.1 Å². The first kappa shape index (κ1) is 18.2. The summed E-state index contributed by atoms with van der Waals surface area (Å²) < 4.78 is 1.47. The van der Waals surface area contributed by atoms with Gasteiger partial charge < -0.3 is 5.32 Å². The number of rotatable bonds is 5. The fourth-order valence-corrected chi connectivity index (χ4v) is 3.28. The van der Waals surface area contributed by atoms with Crippen molar-refractivity contribution in [2.45, 2.75) is 25.8 Å². The predicted molar refractivity (Wildman–Crippen MR) is 107 cm³/mol. The summed E-state index contributed by atoms with van der Waals surface area (Å²) in [5.41, 5.74) is 2.58. The van der Waals surface area contributed by atoms with Crippen LogP contribution in [-0.4, -0.2) is 26.6 Å². The largest absolute Gasteiger partial charge is 0.326 e. The third-order valence-electron chi connectivity index (χ3n) is 4.62. The molecule has 2 heterocycles. The molecule has 0 radical (unpaired) electrons. The highest BCUT2D eigenvalue weighted by Crippen LogP contribution is 2.29. The van der Waals surface area contributed by atoms with E-state index in [1.54, 1.807) is 24.3 Å². The number of halogens is 1. The normalized spacial score (nSPS) is 15.2. The summed E-state index contributed by atoms with van der Waals surface area (Å²) in [4.78, 5) is 29.2. The quantitative estimate of drug-likeness (QED) is 0.689. The van der Waals surface area contributed by atoms with E-state index in [2.05, 4.69) is 20.7 Å². The zero-order valence-corrected chi connectivity index (χ0v) is 15.9. The number of carbonyl (C=O) groups is 2. The summed E-state index contributed by atoms with van der Waals surface area (Å²) in [6, 6.07) is 14.0. The minimum absolute atomic E-state index is 0.0275. The number of benzene rings is 2. The Hall–Kier alpha value is -3.19. The molecule has 4 rings (SSSR count). The number of aromatic nitrogens is 3. The highest BCUT2D eigenvalue weighted by molar-refractivity contribution is 6.30. The van der Waals surface area contributed by atoms with Crippen molar-refractivity contribution in [2.24, 2.45) is 0 Å². The predicted octanol–water partition coefficient (Wildman–Crippen LogP) is 3.68. The highest BCUT2D eigenvalue weighted by Gasteiger charge is 2.35. The van der Waals surface area contributed by atoms with E-state index in [0.717, 1.165) is 23.2 Å². The molecule has 0 saturated heterocycles. The third-order valence-corrected chi connectivity index (χ3v) is 4.87. The number of nitrogens with zero attached hydrogens (tertiary/aromatic N) is 3. The molecule has 1 aromatic heterocycles. The molecule has 0 spiro atoms. The summed E-state index contributed by atoms with van der Waals surface area (Å²) >= 11 is 5.91. The topological polar surface area (TPSA) is 88.9 Å². The van der Waals surface area contributed by atoms with Crippen molar-refractivity contribution in [2.75, 3.05) is 10.6 Å². The molecule has 0 bridgehead atoms. The molecule has 28 heavy (non-hydrogen) atoms. The summed E-state index contributed by atoms with van der Waals surface area (Å²) in [6.07, 6.45) is 0.776. The number of para-hydroxylation sites is 1. The van der Waals surface area contributed by atoms with Crippen LogP contribution in [0.1, 0.15) is 24.9 Å². The molecule has 1 atom stereocenters. The lowest BCUT2D eigenvalue weighted by Gasteiger charge is -2.12. The smallest absolute Gasteiger partial charge is 0.252 e. The molecule has 0 aliphatic carbocycles. The fraction of sp³-hybridized carbons (Fsp3) is 0.200. The Morgan fingerprint density at radius 2 is 1.96 bits per heavy atom. The van der Waals surface area contributed by atoms with Gasteiger partial charge in [-0.3, -0.25) is 14.9 Å². The Morgan fingerprint density at radius 3 is 2.71 bits per heavy atom. The average Bonchev–Trinajstić information content (AvgIpc) is 3.21. The van der Waals surface area contributed by atoms with Crippen LogP contribution in [0.5, 0.6) is 0 Å². The number of hydrogen-bond donors (Lipinski definition) is 2. The lowest BCUT2D eigenvalue weighted by Crippen LogP contribution is -2.24. The van der Waals surface area contributed by atoms with E-state index in [0.29, 0.717) is 16.8 Å². The van der Waals surface area contributed by atoms with Crippen molar-refractivity contribution in [3.05, 3.63) is 59.1 Å². The van der Waals surface area contributed by atoms with Crippen LogP contribution in [0, 0.1) is 0 Å². The molecular weight excluding hydrogens is 378 g/mol. The molecular formula is C20H18ClN5O2. The van der Waals surface area contributed by atoms with Gasteiger partial charge in [0.15, 0.2) is 5.82 Å². The van der Waals surface area contributed by atoms with E-state index in [-0.39, 0.29) is 18.2 Å². The van der Waals surface area contributed by atoms with Gasteiger partial charge in [-0.15, -0.1) is 5.10 Å². The number of amides is 2. The minimum Gasteiger partial charge on any atom is -0.326 e. The van der Waals surface area contributed by atoms with Gasteiger partial charge in [0.1, 0.15) is 6.04 Å². The molecule has 2 aromatic carbocycles. The second-order valence-electron chi connectivity index (χ2n) is 6.48. The van der Waals surface area contributed by atoms with Crippen LogP contribution in [0.15, 0.2) is 48.5 Å². The maximum atomic E-state index is 12.5. The van der Waals surface area contributed by atoms with E-state index in [1.165, 1.54) is 4.68 Å². The molecule has 2 amide bonds. The monoisotopic (exact) mass is 395 g/mol. The zero-order chi connectivity index (χ0) is 19.7. The number of nitrogens with one attached hydrogen (secondary N) is 2. The number of carbonyl (C=O) groups excluding carboxylic acids is 2. The summed E-state index contributed by atoms with van der Waals surface area (Å²) in [6.45, 7) is 2.02. The summed E-state index contributed by atoms with van der Waals surface area (Å²) in [7, 11) is 0. The number of fused-ring (bicyclic) bond motifs is 1. The van der Waals surface area contributed by atoms with Gasteiger partial charge >= 0.3 is 0 Å². The Labute approximate surface area is 166 Å². The first-order valence-corrected chi connectivity index (χ1v) is 9.34. The van der Waals surface area contributed by atoms with Crippen LogP contribution in [-0.2, 0) is 16.0 Å². The SMILES string of the molecule is CCc1ccccc1NC(=O)C[C@H]1C(=O)Nc2nc(-c3ccc(Cl)cc3)nn21. The van der Waals surface area contributed by atoms with E-state index >= 15 is 0 Å². The molecule has 142 valence electrons. The Balaban J connectivity index is 1.52. The van der Waals surface area contributed by atoms with Gasteiger partial charge in [-0.05, 0) is 42.3 Å². The second-order valence-corrected chi connectivity index (χ2v) is 6.91. The van der Waals surface area contributed by atoms with Gasteiger partial charge in [0.2, 0.25) is 11.9 Å². The molecule has 1 aliphatic heterocycles. The van der Waals surface area contributed by atoms with Crippen LogP contribution >= 0.6 is 11.6 Å². The van der Waals surface area contributed by atoms with E-state index < -0.39 is 6.04 Å². The number of hydrogen-bond acceptors (Lipinski definition) is 4. The lowest BCUT2D eigenvalue weighted by atomic mass is 10.1. The first-order chi connectivity index (χ1) is 13.5. The van der Waals surface area contributed by atoms with E-state index in [1.807, 2.05) is 31.2 Å². The molecule has 8 heteroatoms. The van der Waals surface area contributed by atoms with Gasteiger partial charge in [0.25, 0.3) is 5.91 Å². The van der Waals surface area contributed by atoms with Gasteiger partial charge in [0, 0.05) is 16.3 Å². The highest BCUT2D eigenvalue weighted by atomic mass is 35.5. The summed E-state index contributed by atoms with van der Waals surface area (Å²) in [5.74, 6) is 0.254. The maximum Gasteiger partial charge on any atom is 0.252 e. The van der Waals surface area contributed by atoms with Crippen LogP contribution < -0.4 is 10.6 Å². The van der Waals surface area contributed by atoms with E-state index in [4.69, 9.17) is 11.6 Å². The number of aryl methyl sites for hydroxylation is 1. The lowest BCUT2D eigenvalue weighted by molar-refractivity contribution is -0.123. The molecule has 7 nitrogen and oxygen atoms in total. The molecule has 2 N–H and O–H groups in total. The van der Waals surface area contributed by atoms with Gasteiger partial charge in [-0.25, -0.2) is 4.68 Å². The van der Waals surface area contributed by atoms with Crippen molar-refractivity contribution in [3.8, 4) is 11.4 Å². The van der Waals surface area contributed by atoms with Crippen molar-refractivity contribution in [1.82, 2.24) is 14.8 Å². The van der Waals surface area contributed by atoms with E-state index in [9.17, 15) is 9.59 Å². The van der Waals surface area contributed by atoms with Crippen LogP contribution in [0.25, 0.3) is 11.4 Å². The Kier molecular flexibility index (Phi) is 4.83. The average molecular weight is 396 g/mol. The fourth-order valence-electron chi connectivity index (χ4n) is 3.16. The van der Waals surface area contributed by atoms with Crippen molar-refractivity contribution < 1.29 is 9.59 Å². The van der Waals surface area contributed by atoms with Crippen molar-refractivity contribution in [3.63, 3.8) is 0 Å². The molecule has 0 unspecified atom stereocenters. The van der Waals surface area contributed by atoms with Crippen LogP contribution in [0.3, 0.4) is 0 Å². The van der Waals surface area contributed by atoms with Crippen LogP contribution in [0.4, 0.5) is 11.6 Å². The Bertz CT molecular complexity index is 1050. The molecule has 3 aromatic rings.